The maximum Gasteiger partial charge on any atom is 0.128 e. The first-order valence-corrected chi connectivity index (χ1v) is 31.5. The van der Waals surface area contributed by atoms with Gasteiger partial charge in [-0.25, -0.2) is 0 Å². The second-order valence-electron chi connectivity index (χ2n) is 31.1. The Bertz CT molecular complexity index is 2620. The van der Waals surface area contributed by atoms with E-state index in [1.54, 1.807) is 0 Å². The summed E-state index contributed by atoms with van der Waals surface area (Å²) in [6.07, 6.45) is 0.578. The van der Waals surface area contributed by atoms with Crippen LogP contribution < -0.4 is 41.3 Å². The third-order valence-corrected chi connectivity index (χ3v) is 20.5. The number of hydrogen-bond acceptors (Lipinski definition) is 2. The van der Waals surface area contributed by atoms with Gasteiger partial charge in [-0.3, -0.25) is 0 Å². The molecule has 7 rings (SSSR count). The van der Waals surface area contributed by atoms with Gasteiger partial charge in [0.25, 0.3) is 0 Å². The highest BCUT2D eigenvalue weighted by molar-refractivity contribution is 7.80. The number of hydrogen-bond donors (Lipinski definition) is 0. The van der Waals surface area contributed by atoms with Crippen molar-refractivity contribution in [3.05, 3.63) is 154 Å². The highest BCUT2D eigenvalue weighted by Crippen LogP contribution is 2.51. The molecule has 0 saturated heterocycles. The van der Waals surface area contributed by atoms with Crippen molar-refractivity contribution >= 4 is 47.7 Å². The van der Waals surface area contributed by atoms with E-state index in [2.05, 4.69) is 289 Å². The fraction of sp³-hybridized carbons (Fsp3) is 0.507. The molecular formula is C73H100O2P2. The zero-order valence-corrected chi connectivity index (χ0v) is 54.8. The maximum absolute atomic E-state index is 7.46. The minimum absolute atomic E-state index is 0.0800. The molecule has 0 unspecified atom stereocenters. The predicted octanol–water partition coefficient (Wildman–Crippen LogP) is 18.2. The normalized spacial score (nSPS) is 16.3. The van der Waals surface area contributed by atoms with Crippen LogP contribution in [0.5, 0.6) is 11.5 Å². The summed E-state index contributed by atoms with van der Waals surface area (Å²) in [7, 11) is -2.49. The summed E-state index contributed by atoms with van der Waals surface area (Å²) in [5, 5.41) is 8.03. The summed E-state index contributed by atoms with van der Waals surface area (Å²) in [6, 6.07) is 44.5. The van der Waals surface area contributed by atoms with Crippen molar-refractivity contribution in [2.24, 2.45) is 0 Å². The molecule has 1 heterocycles. The molecule has 0 aliphatic carbocycles. The molecule has 2 atom stereocenters. The topological polar surface area (TPSA) is 18.5 Å². The van der Waals surface area contributed by atoms with Crippen LogP contribution >= 0.6 is 15.8 Å². The van der Waals surface area contributed by atoms with Crippen molar-refractivity contribution in [1.82, 2.24) is 0 Å². The SMILES string of the molecule is C[C@@H]1C[C@@H](C)Oc2cccc(P(c3cc(C(C)(C)C)cc(C(C)(C)C)c3)c3cc(C(C)(C)C)cc(C(C)(C)C)c3)c2-c2c(cccc2P(c2cc(C(C)(C)C)cc(C(C)(C)C)c2)c2cc(C(C)(C)C)cc(C(C)(C)C)c2)O1. The quantitative estimate of drug-likeness (QED) is 0.155. The molecule has 0 bridgehead atoms. The lowest BCUT2D eigenvalue weighted by Crippen LogP contribution is -2.31. The van der Waals surface area contributed by atoms with Gasteiger partial charge in [-0.05, 0) is 161 Å². The summed E-state index contributed by atoms with van der Waals surface area (Å²) >= 11 is 0. The Labute approximate surface area is 472 Å². The Morgan fingerprint density at radius 1 is 0.299 bits per heavy atom. The van der Waals surface area contributed by atoms with E-state index in [0.717, 1.165) is 29.0 Å². The van der Waals surface area contributed by atoms with Gasteiger partial charge in [0.2, 0.25) is 0 Å². The molecule has 2 nitrogen and oxygen atoms in total. The van der Waals surface area contributed by atoms with E-state index in [9.17, 15) is 0 Å². The number of benzene rings is 6. The lowest BCUT2D eigenvalue weighted by molar-refractivity contribution is 0.134. The van der Waals surface area contributed by atoms with E-state index in [1.165, 1.54) is 76.3 Å². The second-order valence-corrected chi connectivity index (χ2v) is 35.5. The predicted molar refractivity (Wildman–Crippen MR) is 344 cm³/mol. The summed E-state index contributed by atoms with van der Waals surface area (Å²) in [5.41, 5.74) is 12.6. The molecule has 0 fully saturated rings. The smallest absolute Gasteiger partial charge is 0.128 e. The van der Waals surface area contributed by atoms with Gasteiger partial charge in [-0.15, -0.1) is 0 Å². The fourth-order valence-electron chi connectivity index (χ4n) is 10.4. The average Bonchev–Trinajstić information content (AvgIpc) is 3.32. The third-order valence-electron chi connectivity index (χ3n) is 15.7. The molecule has 0 spiro atoms. The van der Waals surface area contributed by atoms with E-state index in [4.69, 9.17) is 9.47 Å². The van der Waals surface area contributed by atoms with E-state index in [0.29, 0.717) is 0 Å². The number of ether oxygens (including phenoxy) is 2. The molecule has 0 radical (unpaired) electrons. The Morgan fingerprint density at radius 2 is 0.494 bits per heavy atom. The number of fused-ring (bicyclic) bond motifs is 3. The van der Waals surface area contributed by atoms with Gasteiger partial charge in [-0.1, -0.05) is 263 Å². The summed E-state index contributed by atoms with van der Waals surface area (Å²) in [6.45, 7) is 61.4. The van der Waals surface area contributed by atoms with Crippen LogP contribution in [0, 0.1) is 0 Å². The molecule has 414 valence electrons. The molecule has 0 aromatic heterocycles. The molecule has 6 aromatic rings. The second kappa shape index (κ2) is 21.0. The largest absolute Gasteiger partial charge is 0.490 e. The Kier molecular flexibility index (Phi) is 16.5. The van der Waals surface area contributed by atoms with Gasteiger partial charge in [0, 0.05) is 17.5 Å². The lowest BCUT2D eigenvalue weighted by Gasteiger charge is -2.34. The van der Waals surface area contributed by atoms with Crippen molar-refractivity contribution in [2.45, 2.75) is 242 Å². The minimum Gasteiger partial charge on any atom is -0.490 e. The Morgan fingerprint density at radius 3 is 0.675 bits per heavy atom. The summed E-state index contributed by atoms with van der Waals surface area (Å²) in [5.74, 6) is 1.85. The summed E-state index contributed by atoms with van der Waals surface area (Å²) < 4.78 is 14.9. The van der Waals surface area contributed by atoms with Gasteiger partial charge in [0.1, 0.15) is 11.5 Å². The first-order valence-electron chi connectivity index (χ1n) is 28.9. The molecule has 77 heavy (non-hydrogen) atoms. The first kappa shape index (κ1) is 60.4. The molecule has 6 aromatic carbocycles. The van der Waals surface area contributed by atoms with Gasteiger partial charge < -0.3 is 9.47 Å². The highest BCUT2D eigenvalue weighted by atomic mass is 31.1. The van der Waals surface area contributed by atoms with Crippen LogP contribution in [0.1, 0.15) is 231 Å². The zero-order chi connectivity index (χ0) is 57.6. The van der Waals surface area contributed by atoms with E-state index in [-0.39, 0.29) is 55.5 Å². The summed E-state index contributed by atoms with van der Waals surface area (Å²) in [4.78, 5) is 0. The molecule has 1 aliphatic rings. The molecule has 4 heteroatoms. The average molecular weight is 1070 g/mol. The maximum atomic E-state index is 7.46. The number of rotatable bonds is 6. The van der Waals surface area contributed by atoms with Crippen LogP contribution in [-0.4, -0.2) is 12.2 Å². The Hall–Kier alpha value is -4.22. The van der Waals surface area contributed by atoms with Gasteiger partial charge >= 0.3 is 0 Å². The standard InChI is InChI=1S/C73H100O2P2/c1-46-33-47(2)75-61-30-28-32-63(77(58-42-52(70(15,16)17)36-53(43-58)71(18,19)20)59-44-54(72(21,22)23)37-55(45-59)73(24,25)26)65(61)64-60(74-46)29-27-31-62(64)76(56-38-48(66(3,4)5)34-49(39-56)67(6,7)8)57-40-50(68(9,10)11)35-51(41-57)69(12,13)14/h27-32,34-47H,33H2,1-26H3/t46-,47-/m1/s1. The van der Waals surface area contributed by atoms with Crippen LogP contribution in [0.4, 0.5) is 0 Å². The van der Waals surface area contributed by atoms with Crippen molar-refractivity contribution in [3.8, 4) is 22.6 Å². The zero-order valence-electron chi connectivity index (χ0n) is 53.0. The first-order chi connectivity index (χ1) is 35.0. The van der Waals surface area contributed by atoms with E-state index < -0.39 is 15.8 Å². The molecule has 1 aliphatic heterocycles. The molecule has 0 saturated carbocycles. The van der Waals surface area contributed by atoms with Crippen LogP contribution in [0.2, 0.25) is 0 Å². The van der Waals surface area contributed by atoms with E-state index in [1.807, 2.05) is 0 Å². The highest BCUT2D eigenvalue weighted by Gasteiger charge is 2.36. The van der Waals surface area contributed by atoms with Crippen LogP contribution in [-0.2, 0) is 43.3 Å². The van der Waals surface area contributed by atoms with Gasteiger partial charge in [0.15, 0.2) is 0 Å². The van der Waals surface area contributed by atoms with Crippen molar-refractivity contribution < 1.29 is 9.47 Å². The fourth-order valence-corrected chi connectivity index (χ4v) is 15.6. The minimum atomic E-state index is -1.24. The van der Waals surface area contributed by atoms with Crippen molar-refractivity contribution in [3.63, 3.8) is 0 Å². The van der Waals surface area contributed by atoms with Crippen molar-refractivity contribution in [1.29, 1.82) is 0 Å². The monoisotopic (exact) mass is 1070 g/mol. The van der Waals surface area contributed by atoms with Crippen LogP contribution in [0.25, 0.3) is 11.1 Å². The van der Waals surface area contributed by atoms with Crippen LogP contribution in [0.3, 0.4) is 0 Å². The van der Waals surface area contributed by atoms with Gasteiger partial charge in [0.05, 0.1) is 12.2 Å². The van der Waals surface area contributed by atoms with Gasteiger partial charge in [-0.2, -0.15) is 0 Å². The van der Waals surface area contributed by atoms with Crippen molar-refractivity contribution in [2.75, 3.05) is 0 Å². The lowest BCUT2D eigenvalue weighted by atomic mass is 9.81. The molecule has 0 amide bonds. The van der Waals surface area contributed by atoms with Crippen LogP contribution in [0.15, 0.2) is 109 Å². The third kappa shape index (κ3) is 13.7. The Balaban J connectivity index is 1.77. The molecule has 0 N–H and O–H groups in total. The molecular weight excluding hydrogens is 971 g/mol. The van der Waals surface area contributed by atoms with E-state index >= 15 is 0 Å².